The molecule has 0 fully saturated rings. The molecule has 0 bridgehead atoms. The summed E-state index contributed by atoms with van der Waals surface area (Å²) in [6.45, 7) is 0. The zero-order valence-electron chi connectivity index (χ0n) is 10.2. The second-order valence-corrected chi connectivity index (χ2v) is 4.82. The lowest BCUT2D eigenvalue weighted by Gasteiger charge is -2.23. The summed E-state index contributed by atoms with van der Waals surface area (Å²) >= 11 is 0. The molecular formula is C16H15NO. The molecular weight excluding hydrogens is 222 g/mol. The van der Waals surface area contributed by atoms with Gasteiger partial charge in [-0.3, -0.25) is 9.78 Å². The van der Waals surface area contributed by atoms with E-state index in [0.29, 0.717) is 5.78 Å². The molecule has 2 heteroatoms. The second-order valence-electron chi connectivity index (χ2n) is 4.82. The summed E-state index contributed by atoms with van der Waals surface area (Å²) in [6.07, 6.45) is 6.37. The number of hydrogen-bond donors (Lipinski definition) is 0. The Bertz CT molecular complexity index is 562. The Morgan fingerprint density at radius 3 is 2.72 bits per heavy atom. The Hall–Kier alpha value is -1.96. The van der Waals surface area contributed by atoms with Crippen LogP contribution in [-0.4, -0.2) is 10.8 Å². The van der Waals surface area contributed by atoms with Crippen molar-refractivity contribution >= 4 is 5.78 Å². The van der Waals surface area contributed by atoms with Crippen LogP contribution in [0.2, 0.25) is 0 Å². The highest BCUT2D eigenvalue weighted by Crippen LogP contribution is 2.27. The van der Waals surface area contributed by atoms with Gasteiger partial charge in [0.25, 0.3) is 0 Å². The smallest absolute Gasteiger partial charge is 0.166 e. The van der Waals surface area contributed by atoms with Crippen LogP contribution in [0, 0.1) is 5.92 Å². The summed E-state index contributed by atoms with van der Waals surface area (Å²) in [6, 6.07) is 12.0. The summed E-state index contributed by atoms with van der Waals surface area (Å²) in [5, 5.41) is 0. The van der Waals surface area contributed by atoms with E-state index in [2.05, 4.69) is 11.1 Å². The van der Waals surface area contributed by atoms with Crippen molar-refractivity contribution in [3.63, 3.8) is 0 Å². The average molecular weight is 237 g/mol. The number of ketones is 1. The molecule has 0 amide bonds. The van der Waals surface area contributed by atoms with Crippen LogP contribution < -0.4 is 0 Å². The van der Waals surface area contributed by atoms with Crippen molar-refractivity contribution in [1.29, 1.82) is 0 Å². The first-order valence-electron chi connectivity index (χ1n) is 6.35. The van der Waals surface area contributed by atoms with Crippen molar-refractivity contribution in [3.8, 4) is 0 Å². The van der Waals surface area contributed by atoms with Gasteiger partial charge in [0, 0.05) is 23.9 Å². The quantitative estimate of drug-likeness (QED) is 0.803. The van der Waals surface area contributed by atoms with Crippen LogP contribution in [0.1, 0.15) is 27.9 Å². The largest absolute Gasteiger partial charge is 0.294 e. The van der Waals surface area contributed by atoms with Crippen LogP contribution in [0.3, 0.4) is 0 Å². The van der Waals surface area contributed by atoms with Crippen LogP contribution in [0.25, 0.3) is 0 Å². The van der Waals surface area contributed by atoms with Crippen molar-refractivity contribution in [2.75, 3.05) is 0 Å². The maximum atomic E-state index is 12.4. The van der Waals surface area contributed by atoms with Crippen molar-refractivity contribution < 1.29 is 4.79 Å². The number of carbonyl (C=O) groups is 1. The van der Waals surface area contributed by atoms with Gasteiger partial charge in [0.1, 0.15) is 0 Å². The standard InChI is InChI=1S/C16H15NO/c18-16-14(11-12-7-9-17-10-8-12)6-5-13-3-1-2-4-15(13)16/h1-4,7-10,14H,5-6,11H2/t14-/m1/s1. The molecule has 2 nitrogen and oxygen atoms in total. The monoisotopic (exact) mass is 237 g/mol. The van der Waals surface area contributed by atoms with E-state index < -0.39 is 0 Å². The predicted molar refractivity (Wildman–Crippen MR) is 70.5 cm³/mol. The lowest BCUT2D eigenvalue weighted by Crippen LogP contribution is -2.24. The Morgan fingerprint density at radius 1 is 1.11 bits per heavy atom. The summed E-state index contributed by atoms with van der Waals surface area (Å²) < 4.78 is 0. The van der Waals surface area contributed by atoms with Crippen molar-refractivity contribution in [2.24, 2.45) is 5.92 Å². The first-order valence-corrected chi connectivity index (χ1v) is 6.35. The van der Waals surface area contributed by atoms with E-state index in [-0.39, 0.29) is 5.92 Å². The molecule has 1 atom stereocenters. The van der Waals surface area contributed by atoms with E-state index in [1.165, 1.54) is 11.1 Å². The highest BCUT2D eigenvalue weighted by atomic mass is 16.1. The number of carbonyl (C=O) groups excluding carboxylic acids is 1. The lowest BCUT2D eigenvalue weighted by atomic mass is 9.80. The summed E-state index contributed by atoms with van der Waals surface area (Å²) in [4.78, 5) is 16.4. The minimum atomic E-state index is 0.127. The molecule has 1 heterocycles. The summed E-state index contributed by atoms with van der Waals surface area (Å²) in [7, 11) is 0. The Kier molecular flexibility index (Phi) is 2.93. The van der Waals surface area contributed by atoms with Crippen LogP contribution in [0.4, 0.5) is 0 Å². The van der Waals surface area contributed by atoms with E-state index in [0.717, 1.165) is 24.8 Å². The van der Waals surface area contributed by atoms with Gasteiger partial charge >= 0.3 is 0 Å². The molecule has 0 radical (unpaired) electrons. The van der Waals surface area contributed by atoms with Crippen LogP contribution in [-0.2, 0) is 12.8 Å². The fourth-order valence-electron chi connectivity index (χ4n) is 2.66. The Morgan fingerprint density at radius 2 is 1.89 bits per heavy atom. The molecule has 0 N–H and O–H groups in total. The third kappa shape index (κ3) is 2.06. The van der Waals surface area contributed by atoms with Crippen LogP contribution in [0.15, 0.2) is 48.8 Å². The van der Waals surface area contributed by atoms with E-state index >= 15 is 0 Å². The van der Waals surface area contributed by atoms with Gasteiger partial charge in [-0.1, -0.05) is 24.3 Å². The number of benzene rings is 1. The molecule has 18 heavy (non-hydrogen) atoms. The van der Waals surface area contributed by atoms with Gasteiger partial charge in [-0.15, -0.1) is 0 Å². The van der Waals surface area contributed by atoms with Gasteiger partial charge in [0.2, 0.25) is 0 Å². The zero-order chi connectivity index (χ0) is 12.4. The third-order valence-electron chi connectivity index (χ3n) is 3.65. The average Bonchev–Trinajstić information content (AvgIpc) is 2.43. The molecule has 0 spiro atoms. The number of fused-ring (bicyclic) bond motifs is 1. The number of rotatable bonds is 2. The predicted octanol–water partition coefficient (Wildman–Crippen LogP) is 3.07. The minimum absolute atomic E-state index is 0.127. The highest BCUT2D eigenvalue weighted by Gasteiger charge is 2.26. The number of Topliss-reactive ketones (excluding diaryl/α,β-unsaturated/α-hetero) is 1. The van der Waals surface area contributed by atoms with Gasteiger partial charge in [0.05, 0.1) is 0 Å². The Balaban J connectivity index is 1.83. The maximum Gasteiger partial charge on any atom is 0.166 e. The second kappa shape index (κ2) is 4.73. The summed E-state index contributed by atoms with van der Waals surface area (Å²) in [5.74, 6) is 0.427. The number of hydrogen-bond acceptors (Lipinski definition) is 2. The molecule has 2 aromatic rings. The third-order valence-corrected chi connectivity index (χ3v) is 3.65. The maximum absolute atomic E-state index is 12.4. The van der Waals surface area contributed by atoms with Crippen LogP contribution in [0.5, 0.6) is 0 Å². The van der Waals surface area contributed by atoms with E-state index in [1.807, 2.05) is 30.3 Å². The van der Waals surface area contributed by atoms with Gasteiger partial charge in [-0.2, -0.15) is 0 Å². The molecule has 0 unspecified atom stereocenters. The number of nitrogens with zero attached hydrogens (tertiary/aromatic N) is 1. The number of pyridine rings is 1. The molecule has 1 aliphatic rings. The highest BCUT2D eigenvalue weighted by molar-refractivity contribution is 6.00. The molecule has 1 aromatic carbocycles. The molecule has 90 valence electrons. The lowest BCUT2D eigenvalue weighted by molar-refractivity contribution is 0.0901. The SMILES string of the molecule is O=C1c2ccccc2CC[C@@H]1Cc1ccncc1. The minimum Gasteiger partial charge on any atom is -0.294 e. The zero-order valence-corrected chi connectivity index (χ0v) is 10.2. The van der Waals surface area contributed by atoms with Gasteiger partial charge in [0.15, 0.2) is 5.78 Å². The van der Waals surface area contributed by atoms with E-state index in [4.69, 9.17) is 0 Å². The van der Waals surface area contributed by atoms with Crippen molar-refractivity contribution in [3.05, 3.63) is 65.5 Å². The molecule has 0 saturated heterocycles. The van der Waals surface area contributed by atoms with Gasteiger partial charge < -0.3 is 0 Å². The number of aryl methyl sites for hydroxylation is 1. The van der Waals surface area contributed by atoms with Crippen molar-refractivity contribution in [1.82, 2.24) is 4.98 Å². The molecule has 1 aromatic heterocycles. The topological polar surface area (TPSA) is 30.0 Å². The normalized spacial score (nSPS) is 18.4. The van der Waals surface area contributed by atoms with E-state index in [9.17, 15) is 4.79 Å². The first-order chi connectivity index (χ1) is 8.84. The fraction of sp³-hybridized carbons (Fsp3) is 0.250. The fourth-order valence-corrected chi connectivity index (χ4v) is 2.66. The molecule has 0 aliphatic heterocycles. The van der Waals surface area contributed by atoms with Gasteiger partial charge in [-0.25, -0.2) is 0 Å². The summed E-state index contributed by atoms with van der Waals surface area (Å²) in [5.41, 5.74) is 3.32. The molecule has 0 saturated carbocycles. The van der Waals surface area contributed by atoms with E-state index in [1.54, 1.807) is 12.4 Å². The van der Waals surface area contributed by atoms with Crippen molar-refractivity contribution in [2.45, 2.75) is 19.3 Å². The molecule has 3 rings (SSSR count). The Labute approximate surface area is 107 Å². The van der Waals surface area contributed by atoms with Gasteiger partial charge in [-0.05, 0) is 42.5 Å². The molecule has 1 aliphatic carbocycles. The van der Waals surface area contributed by atoms with Crippen LogP contribution >= 0.6 is 0 Å². The number of aromatic nitrogens is 1. The first kappa shape index (κ1) is 11.1.